The highest BCUT2D eigenvalue weighted by atomic mass is 16.1. The molecular weight excluding hydrogens is 168 g/mol. The van der Waals surface area contributed by atoms with Crippen LogP contribution in [0.15, 0.2) is 28.5 Å². The number of carbonyl (C=O) groups excluding carboxylic acids is 1. The van der Waals surface area contributed by atoms with Gasteiger partial charge in [0.2, 0.25) is 0 Å². The van der Waals surface area contributed by atoms with Crippen LogP contribution in [-0.4, -0.2) is 17.2 Å². The molecule has 1 aromatic rings. The van der Waals surface area contributed by atoms with Crippen LogP contribution in [0.2, 0.25) is 0 Å². The van der Waals surface area contributed by atoms with E-state index in [-0.39, 0.29) is 5.78 Å². The van der Waals surface area contributed by atoms with Crippen molar-refractivity contribution in [1.29, 1.82) is 0 Å². The van der Waals surface area contributed by atoms with E-state index >= 15 is 0 Å². The van der Waals surface area contributed by atoms with E-state index in [4.69, 9.17) is 5.84 Å². The Bertz CT molecular complexity index is 405. The molecule has 13 heavy (non-hydrogen) atoms. The fourth-order valence-corrected chi connectivity index (χ4v) is 0.875. The van der Waals surface area contributed by atoms with Crippen molar-refractivity contribution in [2.24, 2.45) is 10.2 Å². The van der Waals surface area contributed by atoms with Crippen LogP contribution in [0.4, 0.5) is 0 Å². The maximum Gasteiger partial charge on any atom is 0.173 e. The quantitative estimate of drug-likeness (QED) is 0.298. The van der Waals surface area contributed by atoms with Crippen LogP contribution in [0.1, 0.15) is 17.3 Å². The van der Waals surface area contributed by atoms with Crippen molar-refractivity contribution in [2.75, 3.05) is 5.84 Å². The van der Waals surface area contributed by atoms with Gasteiger partial charge in [-0.05, 0) is 19.1 Å². The van der Waals surface area contributed by atoms with E-state index in [1.54, 1.807) is 12.1 Å². The maximum absolute atomic E-state index is 10.9. The first-order chi connectivity index (χ1) is 6.15. The molecule has 0 fully saturated rings. The highest BCUT2D eigenvalue weighted by Gasteiger charge is 1.98. The van der Waals surface area contributed by atoms with Gasteiger partial charge in [0.1, 0.15) is 0 Å². The van der Waals surface area contributed by atoms with Gasteiger partial charge >= 0.3 is 0 Å². The second kappa shape index (κ2) is 3.66. The molecule has 0 saturated carbocycles. The Morgan fingerprint density at radius 2 is 2.31 bits per heavy atom. The van der Waals surface area contributed by atoms with E-state index < -0.39 is 0 Å². The zero-order valence-electron chi connectivity index (χ0n) is 7.27. The molecule has 0 radical (unpaired) electrons. The molecule has 5 nitrogen and oxygen atoms in total. The van der Waals surface area contributed by atoms with E-state index in [0.717, 1.165) is 0 Å². The average Bonchev–Trinajstić information content (AvgIpc) is 2.08. The van der Waals surface area contributed by atoms with Gasteiger partial charge < -0.3 is 5.84 Å². The van der Waals surface area contributed by atoms with Gasteiger partial charge in [-0.25, -0.2) is 0 Å². The lowest BCUT2D eigenvalue weighted by Gasteiger charge is -2.00. The fraction of sp³-hybridized carbons (Fsp3) is 0.125. The van der Waals surface area contributed by atoms with Gasteiger partial charge in [0.05, 0.1) is 0 Å². The first kappa shape index (κ1) is 9.18. The van der Waals surface area contributed by atoms with E-state index in [1.165, 1.54) is 17.8 Å². The molecular formula is C8H10N4O. The molecule has 2 N–H and O–H groups in total. The van der Waals surface area contributed by atoms with Crippen molar-refractivity contribution in [3.63, 3.8) is 0 Å². The second-order valence-electron chi connectivity index (χ2n) is 2.48. The summed E-state index contributed by atoms with van der Waals surface area (Å²) in [5.74, 6) is 5.48. The molecule has 0 saturated heterocycles. The molecule has 1 rings (SSSR count). The van der Waals surface area contributed by atoms with Crippen LogP contribution in [0.3, 0.4) is 0 Å². The minimum Gasteiger partial charge on any atom is -0.338 e. The number of pyridine rings is 1. The monoisotopic (exact) mass is 178 g/mol. The molecule has 0 aliphatic carbocycles. The Balaban J connectivity index is 3.28. The van der Waals surface area contributed by atoms with Gasteiger partial charge in [0, 0.05) is 18.5 Å². The third kappa shape index (κ3) is 2.02. The largest absolute Gasteiger partial charge is 0.338 e. The summed E-state index contributed by atoms with van der Waals surface area (Å²) in [6.45, 7) is 4.67. The lowest BCUT2D eigenvalue weighted by molar-refractivity contribution is 0.101. The maximum atomic E-state index is 10.9. The minimum atomic E-state index is -0.0442. The van der Waals surface area contributed by atoms with E-state index in [2.05, 4.69) is 16.9 Å². The van der Waals surface area contributed by atoms with Crippen molar-refractivity contribution >= 4 is 12.5 Å². The molecule has 68 valence electrons. The van der Waals surface area contributed by atoms with Crippen molar-refractivity contribution < 1.29 is 4.79 Å². The van der Waals surface area contributed by atoms with Crippen molar-refractivity contribution in [1.82, 2.24) is 4.68 Å². The first-order valence-corrected chi connectivity index (χ1v) is 3.63. The molecule has 0 aliphatic rings. The predicted octanol–water partition coefficient (Wildman–Crippen LogP) is -0.0792. The van der Waals surface area contributed by atoms with E-state index in [1.807, 2.05) is 0 Å². The van der Waals surface area contributed by atoms with Gasteiger partial charge in [0.25, 0.3) is 0 Å². The smallest absolute Gasteiger partial charge is 0.173 e. The van der Waals surface area contributed by atoms with Crippen LogP contribution >= 0.6 is 0 Å². The van der Waals surface area contributed by atoms with Crippen LogP contribution in [0.25, 0.3) is 0 Å². The molecule has 0 spiro atoms. The number of nitrogens with zero attached hydrogens (tertiary/aromatic N) is 3. The summed E-state index contributed by atoms with van der Waals surface area (Å²) < 4.78 is 1.23. The van der Waals surface area contributed by atoms with Crippen molar-refractivity contribution in [3.05, 3.63) is 29.4 Å². The molecule has 0 atom stereocenters. The number of nitrogens with two attached hydrogens (primary N) is 1. The number of hydrogen-bond acceptors (Lipinski definition) is 4. The summed E-state index contributed by atoms with van der Waals surface area (Å²) >= 11 is 0. The molecule has 0 amide bonds. The van der Waals surface area contributed by atoms with E-state index in [0.29, 0.717) is 11.1 Å². The molecule has 0 unspecified atom stereocenters. The zero-order chi connectivity index (χ0) is 9.84. The van der Waals surface area contributed by atoms with Crippen LogP contribution in [-0.2, 0) is 0 Å². The third-order valence-corrected chi connectivity index (χ3v) is 1.53. The Hall–Kier alpha value is -1.91. The van der Waals surface area contributed by atoms with Crippen molar-refractivity contribution in [3.8, 4) is 0 Å². The SMILES string of the molecule is C=NN=c1ccc(C(C)=O)cn1N. The standard InChI is InChI=1S/C8H10N4O/c1-6(13)7-3-4-8(11-10-2)12(9)5-7/h3-5H,2,9H2,1H3. The number of ketones is 1. The summed E-state index contributed by atoms with van der Waals surface area (Å²) in [4.78, 5) is 10.9. The summed E-state index contributed by atoms with van der Waals surface area (Å²) in [5, 5.41) is 6.98. The normalized spacial score (nSPS) is 11.3. The highest BCUT2D eigenvalue weighted by Crippen LogP contribution is 1.94. The Kier molecular flexibility index (Phi) is 2.59. The molecule has 0 aliphatic heterocycles. The number of hydrogen-bond donors (Lipinski definition) is 1. The summed E-state index contributed by atoms with van der Waals surface area (Å²) in [5.41, 5.74) is 0.977. The number of rotatable bonds is 2. The first-order valence-electron chi connectivity index (χ1n) is 3.63. The number of carbonyl (C=O) groups is 1. The Morgan fingerprint density at radius 1 is 1.62 bits per heavy atom. The lowest BCUT2D eigenvalue weighted by atomic mass is 10.2. The summed E-state index contributed by atoms with van der Waals surface area (Å²) in [7, 11) is 0. The van der Waals surface area contributed by atoms with Gasteiger partial charge in [-0.3, -0.25) is 9.47 Å². The van der Waals surface area contributed by atoms with E-state index in [9.17, 15) is 4.79 Å². The van der Waals surface area contributed by atoms with Gasteiger partial charge in [0.15, 0.2) is 11.3 Å². The number of aromatic nitrogens is 1. The van der Waals surface area contributed by atoms with Crippen LogP contribution in [0, 0.1) is 0 Å². The molecule has 0 bridgehead atoms. The van der Waals surface area contributed by atoms with Crippen LogP contribution in [0.5, 0.6) is 0 Å². The minimum absolute atomic E-state index is 0.0442. The summed E-state index contributed by atoms with van der Waals surface area (Å²) in [6.07, 6.45) is 1.49. The number of nitrogen functional groups attached to an aromatic ring is 1. The van der Waals surface area contributed by atoms with Crippen LogP contribution < -0.4 is 11.3 Å². The third-order valence-electron chi connectivity index (χ3n) is 1.53. The topological polar surface area (TPSA) is 72.7 Å². The van der Waals surface area contributed by atoms with Gasteiger partial charge in [-0.2, -0.15) is 5.10 Å². The lowest BCUT2D eigenvalue weighted by Crippen LogP contribution is -2.27. The average molecular weight is 178 g/mol. The number of Topliss-reactive ketones (excluding diaryl/α,β-unsaturated/α-hetero) is 1. The zero-order valence-corrected chi connectivity index (χ0v) is 7.27. The van der Waals surface area contributed by atoms with Gasteiger partial charge in [-0.15, -0.1) is 5.10 Å². The molecule has 1 heterocycles. The molecule has 1 aromatic heterocycles. The molecule has 5 heteroatoms. The second-order valence-corrected chi connectivity index (χ2v) is 2.48. The summed E-state index contributed by atoms with van der Waals surface area (Å²) in [6, 6.07) is 3.24. The van der Waals surface area contributed by atoms with Crippen molar-refractivity contribution in [2.45, 2.75) is 6.92 Å². The Labute approximate surface area is 75.2 Å². The highest BCUT2D eigenvalue weighted by molar-refractivity contribution is 5.93. The predicted molar refractivity (Wildman–Crippen MR) is 49.7 cm³/mol. The Morgan fingerprint density at radius 3 is 2.77 bits per heavy atom. The van der Waals surface area contributed by atoms with Gasteiger partial charge in [-0.1, -0.05) is 0 Å². The molecule has 0 aromatic carbocycles. The fourth-order valence-electron chi connectivity index (χ4n) is 0.875.